The Labute approximate surface area is 210 Å². The fourth-order valence-electron chi connectivity index (χ4n) is 6.66. The standard InChI is InChI=1S/C28H32N6O2/c1-29-24-18-8-9-21(24)34(15-18)28(35)19-11-20-25(23(13-19)36-3)32(2)27(31-20)22-12-17-5-4-10-30-26(17)33(22)14-16-6-7-16/h4-5,10-13,16,18,21,24,29H,6-9,14-15H2,1-3H3/t18-,21-,24?/m1/s1. The van der Waals surface area contributed by atoms with Crippen LogP contribution >= 0.6 is 0 Å². The molecular formula is C28H32N6O2. The molecule has 1 N–H and O–H groups in total. The normalized spacial score (nSPS) is 23.3. The second kappa shape index (κ2) is 8.06. The number of imidazole rings is 1. The maximum absolute atomic E-state index is 13.7. The summed E-state index contributed by atoms with van der Waals surface area (Å²) in [6, 6.07) is 10.8. The van der Waals surface area contributed by atoms with Crippen LogP contribution in [0.25, 0.3) is 33.6 Å². The number of rotatable bonds is 6. The molecule has 3 aliphatic rings. The Morgan fingerprint density at radius 1 is 1.19 bits per heavy atom. The predicted molar refractivity (Wildman–Crippen MR) is 139 cm³/mol. The minimum absolute atomic E-state index is 0.0712. The predicted octanol–water partition coefficient (Wildman–Crippen LogP) is 3.83. The van der Waals surface area contributed by atoms with E-state index < -0.39 is 0 Å². The molecule has 0 radical (unpaired) electrons. The number of aromatic nitrogens is 4. The fourth-order valence-corrected chi connectivity index (χ4v) is 6.66. The molecular weight excluding hydrogens is 452 g/mol. The number of aryl methyl sites for hydroxylation is 1. The molecule has 1 saturated heterocycles. The van der Waals surface area contributed by atoms with E-state index in [1.54, 1.807) is 7.11 Å². The van der Waals surface area contributed by atoms with Gasteiger partial charge in [0.1, 0.15) is 16.9 Å². The van der Waals surface area contributed by atoms with Gasteiger partial charge in [0.25, 0.3) is 5.91 Å². The number of nitrogens with zero attached hydrogens (tertiary/aromatic N) is 5. The van der Waals surface area contributed by atoms with Crippen molar-refractivity contribution in [2.45, 2.75) is 44.3 Å². The van der Waals surface area contributed by atoms with Crippen LogP contribution in [0.4, 0.5) is 0 Å². The highest BCUT2D eigenvalue weighted by atomic mass is 16.5. The molecule has 1 unspecified atom stereocenters. The number of ether oxygens (including phenoxy) is 1. The third-order valence-electron chi connectivity index (χ3n) is 8.60. The fraction of sp³-hybridized carbons (Fsp3) is 0.464. The van der Waals surface area contributed by atoms with E-state index in [1.165, 1.54) is 19.3 Å². The number of carbonyl (C=O) groups excluding carboxylic acids is 1. The Kier molecular flexibility index (Phi) is 4.90. The summed E-state index contributed by atoms with van der Waals surface area (Å²) in [5.74, 6) is 2.85. The topological polar surface area (TPSA) is 77.2 Å². The van der Waals surface area contributed by atoms with Gasteiger partial charge in [0.15, 0.2) is 5.82 Å². The number of piperidine rings is 1. The van der Waals surface area contributed by atoms with Crippen molar-refractivity contribution in [2.24, 2.45) is 18.9 Å². The van der Waals surface area contributed by atoms with Crippen molar-refractivity contribution in [3.05, 3.63) is 42.1 Å². The van der Waals surface area contributed by atoms with E-state index in [1.807, 2.05) is 38.5 Å². The minimum atomic E-state index is 0.0712. The Bertz CT molecular complexity index is 1500. The van der Waals surface area contributed by atoms with Gasteiger partial charge in [-0.1, -0.05) is 0 Å². The monoisotopic (exact) mass is 484 g/mol. The molecule has 2 aliphatic carbocycles. The van der Waals surface area contributed by atoms with E-state index in [0.29, 0.717) is 29.2 Å². The number of benzene rings is 1. The number of likely N-dealkylation sites (tertiary alicyclic amines) is 1. The number of methoxy groups -OCH3 is 1. The number of likely N-dealkylation sites (N-methyl/N-ethyl adjacent to an activating group) is 1. The van der Waals surface area contributed by atoms with Crippen LogP contribution in [0.1, 0.15) is 36.0 Å². The molecule has 1 aromatic carbocycles. The molecule has 3 atom stereocenters. The van der Waals surface area contributed by atoms with Crippen LogP contribution in [0.5, 0.6) is 5.75 Å². The first kappa shape index (κ1) is 21.9. The first-order valence-corrected chi connectivity index (χ1v) is 13.0. The number of hydrogen-bond donors (Lipinski definition) is 1. The summed E-state index contributed by atoms with van der Waals surface area (Å²) >= 11 is 0. The highest BCUT2D eigenvalue weighted by molar-refractivity contribution is 6.00. The van der Waals surface area contributed by atoms with Crippen molar-refractivity contribution in [1.29, 1.82) is 0 Å². The molecule has 1 aliphatic heterocycles. The Balaban J connectivity index is 1.33. The molecule has 7 rings (SSSR count). The number of pyridine rings is 1. The zero-order chi connectivity index (χ0) is 24.6. The molecule has 8 heteroatoms. The van der Waals surface area contributed by atoms with Gasteiger partial charge in [0, 0.05) is 49.4 Å². The van der Waals surface area contributed by atoms with Gasteiger partial charge in [-0.05, 0) is 74.9 Å². The summed E-state index contributed by atoms with van der Waals surface area (Å²) < 4.78 is 10.2. The van der Waals surface area contributed by atoms with Crippen LogP contribution in [-0.2, 0) is 13.6 Å². The van der Waals surface area contributed by atoms with Gasteiger partial charge >= 0.3 is 0 Å². The number of hydrogen-bond acceptors (Lipinski definition) is 5. The number of amides is 1. The number of fused-ring (bicyclic) bond motifs is 4. The summed E-state index contributed by atoms with van der Waals surface area (Å²) in [6.45, 7) is 1.77. The van der Waals surface area contributed by atoms with E-state index in [0.717, 1.165) is 53.1 Å². The van der Waals surface area contributed by atoms with Gasteiger partial charge in [-0.2, -0.15) is 0 Å². The van der Waals surface area contributed by atoms with Crippen LogP contribution < -0.4 is 10.1 Å². The number of nitrogens with one attached hydrogen (secondary N) is 1. The minimum Gasteiger partial charge on any atom is -0.494 e. The molecule has 4 aromatic rings. The van der Waals surface area contributed by atoms with Crippen molar-refractivity contribution in [3.63, 3.8) is 0 Å². The van der Waals surface area contributed by atoms with E-state index in [9.17, 15) is 4.79 Å². The summed E-state index contributed by atoms with van der Waals surface area (Å²) in [6.07, 6.45) is 6.64. The molecule has 8 nitrogen and oxygen atoms in total. The highest BCUT2D eigenvalue weighted by Crippen LogP contribution is 2.40. The SMILES string of the molecule is CNC1[C@@H]2CC[C@H]1N(C(=O)c1cc(OC)c3c(c1)nc(-c1cc4cccnc4n1CC1CC1)n3C)C2. The van der Waals surface area contributed by atoms with Crippen molar-refractivity contribution < 1.29 is 9.53 Å². The molecule has 36 heavy (non-hydrogen) atoms. The molecule has 186 valence electrons. The lowest BCUT2D eigenvalue weighted by atomic mass is 10.1. The second-order valence-electron chi connectivity index (χ2n) is 10.7. The quantitative estimate of drug-likeness (QED) is 0.450. The lowest BCUT2D eigenvalue weighted by molar-refractivity contribution is 0.0698. The Morgan fingerprint density at radius 3 is 2.81 bits per heavy atom. The zero-order valence-electron chi connectivity index (χ0n) is 21.1. The molecule has 4 heterocycles. The maximum atomic E-state index is 13.7. The summed E-state index contributed by atoms with van der Waals surface area (Å²) in [4.78, 5) is 25.5. The largest absolute Gasteiger partial charge is 0.494 e. The van der Waals surface area contributed by atoms with E-state index in [4.69, 9.17) is 9.72 Å². The van der Waals surface area contributed by atoms with Gasteiger partial charge < -0.3 is 24.1 Å². The van der Waals surface area contributed by atoms with Crippen molar-refractivity contribution in [1.82, 2.24) is 29.3 Å². The van der Waals surface area contributed by atoms with Crippen LogP contribution in [-0.4, -0.2) is 62.7 Å². The average molecular weight is 485 g/mol. The average Bonchev–Trinajstić information content (AvgIpc) is 3.22. The smallest absolute Gasteiger partial charge is 0.254 e. The lowest BCUT2D eigenvalue weighted by Gasteiger charge is -2.27. The third-order valence-corrected chi connectivity index (χ3v) is 8.60. The summed E-state index contributed by atoms with van der Waals surface area (Å²) in [5, 5.41) is 4.55. The van der Waals surface area contributed by atoms with Gasteiger partial charge in [-0.15, -0.1) is 0 Å². The molecule has 3 aromatic heterocycles. The van der Waals surface area contributed by atoms with Crippen molar-refractivity contribution in [3.8, 4) is 17.3 Å². The Hall–Kier alpha value is -3.39. The van der Waals surface area contributed by atoms with Crippen molar-refractivity contribution in [2.75, 3.05) is 20.7 Å². The summed E-state index contributed by atoms with van der Waals surface area (Å²) in [7, 11) is 5.70. The molecule has 2 saturated carbocycles. The van der Waals surface area contributed by atoms with Crippen LogP contribution in [0.3, 0.4) is 0 Å². The van der Waals surface area contributed by atoms with Crippen LogP contribution in [0.15, 0.2) is 36.5 Å². The van der Waals surface area contributed by atoms with Gasteiger partial charge in [0.2, 0.25) is 0 Å². The van der Waals surface area contributed by atoms with Crippen LogP contribution in [0, 0.1) is 11.8 Å². The first-order chi connectivity index (χ1) is 17.6. The van der Waals surface area contributed by atoms with Crippen LogP contribution in [0.2, 0.25) is 0 Å². The van der Waals surface area contributed by atoms with Gasteiger partial charge in [0.05, 0.1) is 18.3 Å². The maximum Gasteiger partial charge on any atom is 0.254 e. The van der Waals surface area contributed by atoms with Gasteiger partial charge in [-0.25, -0.2) is 9.97 Å². The second-order valence-corrected chi connectivity index (χ2v) is 10.7. The van der Waals surface area contributed by atoms with E-state index in [-0.39, 0.29) is 11.9 Å². The zero-order valence-corrected chi connectivity index (χ0v) is 21.1. The molecule has 2 bridgehead atoms. The summed E-state index contributed by atoms with van der Waals surface area (Å²) in [5.41, 5.74) is 4.37. The molecule has 0 spiro atoms. The lowest BCUT2D eigenvalue weighted by Crippen LogP contribution is -2.42. The van der Waals surface area contributed by atoms with E-state index in [2.05, 4.69) is 36.5 Å². The first-order valence-electron chi connectivity index (χ1n) is 13.0. The number of carbonyl (C=O) groups is 1. The van der Waals surface area contributed by atoms with E-state index >= 15 is 0 Å². The third kappa shape index (κ3) is 3.20. The van der Waals surface area contributed by atoms with Gasteiger partial charge in [-0.3, -0.25) is 4.79 Å². The van der Waals surface area contributed by atoms with Crippen molar-refractivity contribution >= 4 is 28.0 Å². The molecule has 1 amide bonds. The molecule has 3 fully saturated rings. The Morgan fingerprint density at radius 2 is 2.06 bits per heavy atom. The highest BCUT2D eigenvalue weighted by Gasteiger charge is 2.48.